The minimum absolute atomic E-state index is 0.174. The Morgan fingerprint density at radius 1 is 1.13 bits per heavy atom. The first kappa shape index (κ1) is 25.1. The molecule has 2 fully saturated rings. The monoisotopic (exact) mass is 532 g/mol. The fourth-order valence-electron chi connectivity index (χ4n) is 5.22. The Bertz CT molecular complexity index is 1370. The molecule has 38 heavy (non-hydrogen) atoms. The highest BCUT2D eigenvalue weighted by atomic mass is 32.2. The summed E-state index contributed by atoms with van der Waals surface area (Å²) in [7, 11) is 0. The first-order chi connectivity index (χ1) is 18.4. The summed E-state index contributed by atoms with van der Waals surface area (Å²) in [6.07, 6.45) is 4.99. The van der Waals surface area contributed by atoms with Crippen LogP contribution >= 0.6 is 11.8 Å². The third kappa shape index (κ3) is 5.09. The van der Waals surface area contributed by atoms with Gasteiger partial charge in [-0.25, -0.2) is 0 Å². The van der Waals surface area contributed by atoms with Crippen LogP contribution in [0.15, 0.2) is 58.4 Å². The van der Waals surface area contributed by atoms with Gasteiger partial charge < -0.3 is 20.7 Å². The summed E-state index contributed by atoms with van der Waals surface area (Å²) >= 11 is 1.85. The predicted molar refractivity (Wildman–Crippen MR) is 155 cm³/mol. The smallest absolute Gasteiger partial charge is 0.316 e. The Labute approximate surface area is 228 Å². The number of thioether (sulfide) groups is 1. The number of anilines is 3. The number of para-hydroxylation sites is 1. The van der Waals surface area contributed by atoms with Crippen LogP contribution in [0.3, 0.4) is 0 Å². The summed E-state index contributed by atoms with van der Waals surface area (Å²) in [5, 5.41) is 8.49. The molecule has 3 N–H and O–H groups in total. The van der Waals surface area contributed by atoms with Gasteiger partial charge in [-0.3, -0.25) is 9.69 Å². The van der Waals surface area contributed by atoms with Gasteiger partial charge >= 0.3 is 5.56 Å². The summed E-state index contributed by atoms with van der Waals surface area (Å²) in [6, 6.07) is 13.7. The van der Waals surface area contributed by atoms with Crippen molar-refractivity contribution in [2.24, 2.45) is 5.41 Å². The summed E-state index contributed by atoms with van der Waals surface area (Å²) in [4.78, 5) is 19.6. The van der Waals surface area contributed by atoms with Crippen molar-refractivity contribution in [3.8, 4) is 11.4 Å². The summed E-state index contributed by atoms with van der Waals surface area (Å²) in [5.41, 5.74) is 11.2. The molecule has 8 nitrogen and oxygen atoms in total. The van der Waals surface area contributed by atoms with Crippen LogP contribution in [-0.4, -0.2) is 59.4 Å². The van der Waals surface area contributed by atoms with Gasteiger partial charge in [-0.2, -0.15) is 9.78 Å². The highest BCUT2D eigenvalue weighted by molar-refractivity contribution is 8.00. The molecule has 1 aromatic heterocycles. The average Bonchev–Trinajstić information content (AvgIpc) is 3.54. The molecular weight excluding hydrogens is 496 g/mol. The SMILES string of the molecule is CC1Nc2c(ccc(N)c2CCN2CCN(c3cnn(-c4ccccc4)c(=O)c3OCC3(C)CC3)CC2)S1. The Hall–Kier alpha value is -3.17. The Balaban J connectivity index is 1.16. The van der Waals surface area contributed by atoms with Crippen LogP contribution in [0, 0.1) is 5.41 Å². The number of nitrogens with two attached hydrogens (primary N) is 1. The Morgan fingerprint density at radius 2 is 1.89 bits per heavy atom. The van der Waals surface area contributed by atoms with E-state index >= 15 is 0 Å². The lowest BCUT2D eigenvalue weighted by Crippen LogP contribution is -2.47. The zero-order chi connectivity index (χ0) is 26.3. The third-order valence-electron chi connectivity index (χ3n) is 7.94. The molecule has 6 rings (SSSR count). The van der Waals surface area contributed by atoms with Crippen LogP contribution in [-0.2, 0) is 6.42 Å². The maximum Gasteiger partial charge on any atom is 0.316 e. The highest BCUT2D eigenvalue weighted by Gasteiger charge is 2.39. The number of ether oxygens (including phenoxy) is 1. The molecule has 1 atom stereocenters. The van der Waals surface area contributed by atoms with Crippen LogP contribution in [0.4, 0.5) is 17.1 Å². The number of hydrogen-bond donors (Lipinski definition) is 2. The molecule has 0 radical (unpaired) electrons. The van der Waals surface area contributed by atoms with Crippen LogP contribution in [0.2, 0.25) is 0 Å². The fraction of sp³-hybridized carbons (Fsp3) is 0.448. The number of nitrogen functional groups attached to an aromatic ring is 1. The lowest BCUT2D eigenvalue weighted by atomic mass is 10.1. The number of aromatic nitrogens is 2. The molecule has 1 unspecified atom stereocenters. The van der Waals surface area contributed by atoms with Gasteiger partial charge in [-0.1, -0.05) is 36.9 Å². The van der Waals surface area contributed by atoms with Gasteiger partial charge in [-0.05, 0) is 50.5 Å². The Morgan fingerprint density at radius 3 is 2.63 bits per heavy atom. The minimum Gasteiger partial charge on any atom is -0.486 e. The van der Waals surface area contributed by atoms with Crippen LogP contribution in [0.25, 0.3) is 5.69 Å². The third-order valence-corrected chi connectivity index (χ3v) is 9.00. The molecule has 1 saturated carbocycles. The van der Waals surface area contributed by atoms with Crippen LogP contribution < -0.4 is 26.2 Å². The van der Waals surface area contributed by atoms with Crippen molar-refractivity contribution in [1.29, 1.82) is 0 Å². The van der Waals surface area contributed by atoms with E-state index in [0.29, 0.717) is 17.7 Å². The second-order valence-electron chi connectivity index (χ2n) is 11.0. The molecule has 1 saturated heterocycles. The molecule has 2 aliphatic heterocycles. The van der Waals surface area contributed by atoms with Gasteiger partial charge in [0.05, 0.1) is 29.6 Å². The normalized spacial score (nSPS) is 20.2. The molecule has 3 aliphatic rings. The molecule has 2 aromatic carbocycles. The standard InChI is InChI=1S/C29H36N6O2S/c1-20-32-26-22(23(30)8-9-25(26)38-20)10-13-33-14-16-34(17-15-33)24-18-31-35(21-6-4-3-5-7-21)28(36)27(24)37-19-29(2)11-12-29/h3-9,18,20,32H,10-17,19,30H2,1-2H3. The first-order valence-electron chi connectivity index (χ1n) is 13.5. The fourth-order valence-corrected chi connectivity index (χ4v) is 6.23. The van der Waals surface area contributed by atoms with E-state index in [1.54, 1.807) is 6.20 Å². The van der Waals surface area contributed by atoms with E-state index in [-0.39, 0.29) is 11.0 Å². The van der Waals surface area contributed by atoms with E-state index < -0.39 is 0 Å². The van der Waals surface area contributed by atoms with E-state index in [2.05, 4.69) is 40.1 Å². The van der Waals surface area contributed by atoms with Crippen molar-refractivity contribution in [3.63, 3.8) is 0 Å². The van der Waals surface area contributed by atoms with Gasteiger partial charge in [0.25, 0.3) is 0 Å². The van der Waals surface area contributed by atoms with Crippen molar-refractivity contribution < 1.29 is 4.74 Å². The van der Waals surface area contributed by atoms with Gasteiger partial charge in [0.1, 0.15) is 5.69 Å². The molecular formula is C29H36N6O2S. The van der Waals surface area contributed by atoms with Gasteiger partial charge in [0.15, 0.2) is 0 Å². The topological polar surface area (TPSA) is 88.7 Å². The lowest BCUT2D eigenvalue weighted by Gasteiger charge is -2.36. The number of fused-ring (bicyclic) bond motifs is 1. The number of piperazine rings is 1. The van der Waals surface area contributed by atoms with Crippen LogP contribution in [0.5, 0.6) is 5.75 Å². The van der Waals surface area contributed by atoms with Gasteiger partial charge in [0, 0.05) is 54.3 Å². The van der Waals surface area contributed by atoms with E-state index in [1.807, 2.05) is 48.2 Å². The summed E-state index contributed by atoms with van der Waals surface area (Å²) < 4.78 is 7.70. The minimum atomic E-state index is -0.201. The second-order valence-corrected chi connectivity index (χ2v) is 12.4. The van der Waals surface area contributed by atoms with E-state index in [4.69, 9.17) is 10.5 Å². The van der Waals surface area contributed by atoms with Crippen molar-refractivity contribution >= 4 is 28.8 Å². The maximum atomic E-state index is 13.6. The lowest BCUT2D eigenvalue weighted by molar-refractivity contribution is 0.238. The number of nitrogens with zero attached hydrogens (tertiary/aromatic N) is 4. The number of nitrogens with one attached hydrogen (secondary N) is 1. The van der Waals surface area contributed by atoms with Crippen LogP contribution in [0.1, 0.15) is 32.3 Å². The molecule has 200 valence electrons. The van der Waals surface area contributed by atoms with E-state index in [0.717, 1.165) is 69.0 Å². The summed E-state index contributed by atoms with van der Waals surface area (Å²) in [5.74, 6) is 0.413. The van der Waals surface area contributed by atoms with Crippen molar-refractivity contribution in [1.82, 2.24) is 14.7 Å². The maximum absolute atomic E-state index is 13.6. The molecule has 0 amide bonds. The highest BCUT2D eigenvalue weighted by Crippen LogP contribution is 2.45. The zero-order valence-electron chi connectivity index (χ0n) is 22.2. The largest absolute Gasteiger partial charge is 0.486 e. The average molecular weight is 533 g/mol. The molecule has 0 bridgehead atoms. The van der Waals surface area contributed by atoms with Crippen molar-refractivity contribution in [2.45, 2.75) is 43.4 Å². The molecule has 1 aliphatic carbocycles. The molecule has 9 heteroatoms. The number of benzene rings is 2. The summed E-state index contributed by atoms with van der Waals surface area (Å²) in [6.45, 7) is 9.35. The first-order valence-corrected chi connectivity index (χ1v) is 14.4. The van der Waals surface area contributed by atoms with Crippen molar-refractivity contribution in [2.75, 3.05) is 55.3 Å². The van der Waals surface area contributed by atoms with E-state index in [1.165, 1.54) is 20.8 Å². The van der Waals surface area contributed by atoms with E-state index in [9.17, 15) is 4.79 Å². The van der Waals surface area contributed by atoms with Crippen molar-refractivity contribution in [3.05, 3.63) is 64.6 Å². The predicted octanol–water partition coefficient (Wildman–Crippen LogP) is 4.22. The number of rotatable bonds is 8. The molecule has 3 heterocycles. The molecule has 0 spiro atoms. The quantitative estimate of drug-likeness (QED) is 0.417. The van der Waals surface area contributed by atoms with Gasteiger partial charge in [-0.15, -0.1) is 0 Å². The van der Waals surface area contributed by atoms with Gasteiger partial charge in [0.2, 0.25) is 5.75 Å². The number of hydrogen-bond acceptors (Lipinski definition) is 8. The Kier molecular flexibility index (Phi) is 6.74. The second kappa shape index (κ2) is 10.2. The molecule has 3 aromatic rings. The zero-order valence-corrected chi connectivity index (χ0v) is 23.0.